The summed E-state index contributed by atoms with van der Waals surface area (Å²) in [5, 5.41) is 3.08. The van der Waals surface area contributed by atoms with Crippen LogP contribution in [0.25, 0.3) is 21.7 Å². The monoisotopic (exact) mass is 226 g/mol. The first-order chi connectivity index (χ1) is 8.29. The second kappa shape index (κ2) is 3.59. The molecule has 0 saturated heterocycles. The molecule has 84 valence electrons. The number of methoxy groups -OCH3 is 1. The van der Waals surface area contributed by atoms with Crippen molar-refractivity contribution >= 4 is 27.6 Å². The highest BCUT2D eigenvalue weighted by molar-refractivity contribution is 6.07. The van der Waals surface area contributed by atoms with E-state index < -0.39 is 0 Å². The molecule has 2 aromatic heterocycles. The summed E-state index contributed by atoms with van der Waals surface area (Å²) < 4.78 is 4.70. The van der Waals surface area contributed by atoms with Crippen molar-refractivity contribution in [1.29, 1.82) is 0 Å². The second-order valence-corrected chi connectivity index (χ2v) is 3.80. The maximum atomic E-state index is 11.5. The predicted octanol–water partition coefficient (Wildman–Crippen LogP) is 2.50. The van der Waals surface area contributed by atoms with Crippen LogP contribution in [-0.4, -0.2) is 23.0 Å². The van der Waals surface area contributed by atoms with Gasteiger partial charge in [-0.1, -0.05) is 12.1 Å². The first-order valence-electron chi connectivity index (χ1n) is 5.23. The number of H-pyrrole nitrogens is 1. The number of carbonyl (C=O) groups excluding carboxylic acids is 1. The maximum Gasteiger partial charge on any atom is 0.354 e. The zero-order chi connectivity index (χ0) is 11.8. The Kier molecular flexibility index (Phi) is 2.08. The van der Waals surface area contributed by atoms with Crippen LogP contribution in [0, 0.1) is 0 Å². The number of hydrogen-bond acceptors (Lipinski definition) is 3. The van der Waals surface area contributed by atoms with Crippen molar-refractivity contribution < 1.29 is 9.53 Å². The van der Waals surface area contributed by atoms with Crippen LogP contribution in [-0.2, 0) is 4.74 Å². The number of pyridine rings is 1. The van der Waals surface area contributed by atoms with Crippen molar-refractivity contribution in [2.45, 2.75) is 0 Å². The Morgan fingerprint density at radius 1 is 1.29 bits per heavy atom. The van der Waals surface area contributed by atoms with Crippen LogP contribution in [0.5, 0.6) is 0 Å². The third kappa shape index (κ3) is 1.45. The summed E-state index contributed by atoms with van der Waals surface area (Å²) in [6, 6.07) is 7.66. The molecule has 0 aliphatic carbocycles. The van der Waals surface area contributed by atoms with E-state index in [0.29, 0.717) is 5.69 Å². The van der Waals surface area contributed by atoms with Gasteiger partial charge in [0, 0.05) is 28.6 Å². The van der Waals surface area contributed by atoms with Gasteiger partial charge in [-0.25, -0.2) is 4.79 Å². The Labute approximate surface area is 97.2 Å². The van der Waals surface area contributed by atoms with E-state index >= 15 is 0 Å². The van der Waals surface area contributed by atoms with Gasteiger partial charge in [-0.3, -0.25) is 4.98 Å². The number of rotatable bonds is 1. The molecule has 0 aliphatic heterocycles. The standard InChI is InChI=1S/C13H10N2O2/c1-17-13(16)11-6-8-2-3-9-7-14-5-4-10(9)12(8)15-11/h2-7,15H,1H3. The predicted molar refractivity (Wildman–Crippen MR) is 64.9 cm³/mol. The van der Waals surface area contributed by atoms with E-state index in [0.717, 1.165) is 21.7 Å². The summed E-state index contributed by atoms with van der Waals surface area (Å²) in [6.07, 6.45) is 3.54. The van der Waals surface area contributed by atoms with E-state index in [-0.39, 0.29) is 5.97 Å². The SMILES string of the molecule is COC(=O)c1cc2ccc3cnccc3c2[nH]1. The molecule has 17 heavy (non-hydrogen) atoms. The van der Waals surface area contributed by atoms with Crippen molar-refractivity contribution in [2.24, 2.45) is 0 Å². The highest BCUT2D eigenvalue weighted by Gasteiger charge is 2.10. The van der Waals surface area contributed by atoms with E-state index in [4.69, 9.17) is 4.74 Å². The lowest BCUT2D eigenvalue weighted by atomic mass is 10.1. The fourth-order valence-electron chi connectivity index (χ4n) is 1.99. The molecule has 2 heterocycles. The van der Waals surface area contributed by atoms with Crippen LogP contribution >= 0.6 is 0 Å². The Hall–Kier alpha value is -2.36. The van der Waals surface area contributed by atoms with Gasteiger partial charge in [0.2, 0.25) is 0 Å². The van der Waals surface area contributed by atoms with Crippen molar-refractivity contribution in [3.8, 4) is 0 Å². The molecule has 0 saturated carbocycles. The molecule has 0 unspecified atom stereocenters. The van der Waals surface area contributed by atoms with Crippen molar-refractivity contribution in [3.63, 3.8) is 0 Å². The highest BCUT2D eigenvalue weighted by Crippen LogP contribution is 2.24. The van der Waals surface area contributed by atoms with Crippen LogP contribution in [0.2, 0.25) is 0 Å². The van der Waals surface area contributed by atoms with Crippen LogP contribution in [0.4, 0.5) is 0 Å². The van der Waals surface area contributed by atoms with Crippen molar-refractivity contribution in [1.82, 2.24) is 9.97 Å². The van der Waals surface area contributed by atoms with E-state index in [1.165, 1.54) is 7.11 Å². The van der Waals surface area contributed by atoms with Gasteiger partial charge >= 0.3 is 5.97 Å². The normalized spacial score (nSPS) is 10.9. The Bertz CT molecular complexity index is 716. The number of nitrogens with one attached hydrogen (secondary N) is 1. The molecular formula is C13H10N2O2. The number of fused-ring (bicyclic) bond motifs is 3. The molecule has 3 aromatic rings. The molecular weight excluding hydrogens is 216 g/mol. The molecule has 0 atom stereocenters. The average molecular weight is 226 g/mol. The minimum atomic E-state index is -0.358. The lowest BCUT2D eigenvalue weighted by molar-refractivity contribution is 0.0595. The molecule has 0 bridgehead atoms. The number of hydrogen-bond donors (Lipinski definition) is 1. The number of carbonyl (C=O) groups is 1. The van der Waals surface area contributed by atoms with Gasteiger partial charge in [0.05, 0.1) is 12.6 Å². The molecule has 4 nitrogen and oxygen atoms in total. The smallest absolute Gasteiger partial charge is 0.354 e. The molecule has 0 fully saturated rings. The van der Waals surface area contributed by atoms with Crippen LogP contribution in [0.1, 0.15) is 10.5 Å². The van der Waals surface area contributed by atoms with Gasteiger partial charge < -0.3 is 9.72 Å². The molecule has 0 amide bonds. The maximum absolute atomic E-state index is 11.5. The fraction of sp³-hybridized carbons (Fsp3) is 0.0769. The fourth-order valence-corrected chi connectivity index (χ4v) is 1.99. The Morgan fingerprint density at radius 2 is 2.12 bits per heavy atom. The first-order valence-corrected chi connectivity index (χ1v) is 5.23. The number of benzene rings is 1. The summed E-state index contributed by atoms with van der Waals surface area (Å²) in [5.41, 5.74) is 1.40. The summed E-state index contributed by atoms with van der Waals surface area (Å²) >= 11 is 0. The number of aromatic amines is 1. The minimum absolute atomic E-state index is 0.358. The largest absolute Gasteiger partial charge is 0.464 e. The zero-order valence-electron chi connectivity index (χ0n) is 9.23. The number of aromatic nitrogens is 2. The second-order valence-electron chi connectivity index (χ2n) is 3.80. The number of ether oxygens (including phenoxy) is 1. The van der Waals surface area contributed by atoms with Gasteiger partial charge in [0.15, 0.2) is 0 Å². The summed E-state index contributed by atoms with van der Waals surface area (Å²) in [6.45, 7) is 0. The van der Waals surface area contributed by atoms with Gasteiger partial charge in [0.25, 0.3) is 0 Å². The minimum Gasteiger partial charge on any atom is -0.464 e. The quantitative estimate of drug-likeness (QED) is 0.648. The van der Waals surface area contributed by atoms with E-state index in [2.05, 4.69) is 9.97 Å². The average Bonchev–Trinajstić information content (AvgIpc) is 2.82. The topological polar surface area (TPSA) is 55.0 Å². The van der Waals surface area contributed by atoms with E-state index in [1.807, 2.05) is 18.2 Å². The molecule has 0 spiro atoms. The van der Waals surface area contributed by atoms with Crippen LogP contribution in [0.15, 0.2) is 36.7 Å². The summed E-state index contributed by atoms with van der Waals surface area (Å²) in [4.78, 5) is 18.6. The van der Waals surface area contributed by atoms with Crippen LogP contribution in [0.3, 0.4) is 0 Å². The van der Waals surface area contributed by atoms with Gasteiger partial charge in [0.1, 0.15) is 5.69 Å². The molecule has 4 heteroatoms. The zero-order valence-corrected chi connectivity index (χ0v) is 9.23. The van der Waals surface area contributed by atoms with Crippen LogP contribution < -0.4 is 0 Å². The molecule has 0 aliphatic rings. The lowest BCUT2D eigenvalue weighted by Crippen LogP contribution is -2.00. The van der Waals surface area contributed by atoms with Gasteiger partial charge in [-0.05, 0) is 12.1 Å². The summed E-state index contributed by atoms with van der Waals surface area (Å²) in [5.74, 6) is -0.358. The summed E-state index contributed by atoms with van der Waals surface area (Å²) in [7, 11) is 1.37. The van der Waals surface area contributed by atoms with Crippen molar-refractivity contribution in [3.05, 3.63) is 42.4 Å². The van der Waals surface area contributed by atoms with Gasteiger partial charge in [-0.15, -0.1) is 0 Å². The van der Waals surface area contributed by atoms with E-state index in [1.54, 1.807) is 18.5 Å². The van der Waals surface area contributed by atoms with Crippen molar-refractivity contribution in [2.75, 3.05) is 7.11 Å². The number of esters is 1. The van der Waals surface area contributed by atoms with E-state index in [9.17, 15) is 4.79 Å². The Balaban J connectivity index is 2.35. The third-order valence-electron chi connectivity index (χ3n) is 2.82. The Morgan fingerprint density at radius 3 is 2.94 bits per heavy atom. The first kappa shape index (κ1) is 9.84. The molecule has 3 rings (SSSR count). The lowest BCUT2D eigenvalue weighted by Gasteiger charge is -1.97. The molecule has 1 aromatic carbocycles. The molecule has 0 radical (unpaired) electrons. The molecule has 1 N–H and O–H groups in total. The highest BCUT2D eigenvalue weighted by atomic mass is 16.5. The number of nitrogens with zero attached hydrogens (tertiary/aromatic N) is 1. The van der Waals surface area contributed by atoms with Gasteiger partial charge in [-0.2, -0.15) is 0 Å². The third-order valence-corrected chi connectivity index (χ3v) is 2.82.